The number of carbonyl (C=O) groups is 2. The van der Waals surface area contributed by atoms with Gasteiger partial charge in [-0.3, -0.25) is 9.59 Å². The predicted molar refractivity (Wildman–Crippen MR) is 84.3 cm³/mol. The van der Waals surface area contributed by atoms with Gasteiger partial charge in [0.05, 0.1) is 6.54 Å². The Hall–Kier alpha value is -1.88. The Kier molecular flexibility index (Phi) is 7.46. The molecule has 0 heterocycles. The van der Waals surface area contributed by atoms with Crippen molar-refractivity contribution in [2.45, 2.75) is 20.8 Å². The van der Waals surface area contributed by atoms with Gasteiger partial charge in [0, 0.05) is 18.7 Å². The topological polar surface area (TPSA) is 61.4 Å². The number of hydrogen-bond donors (Lipinski definition) is 2. The molecule has 1 rings (SSSR count). The molecule has 0 unspecified atom stereocenters. The summed E-state index contributed by atoms with van der Waals surface area (Å²) in [6, 6.07) is 7.32. The van der Waals surface area contributed by atoms with Crippen molar-refractivity contribution in [1.82, 2.24) is 15.5 Å². The van der Waals surface area contributed by atoms with Crippen molar-refractivity contribution in [3.8, 4) is 0 Å². The second kappa shape index (κ2) is 9.13. The zero-order valence-electron chi connectivity index (χ0n) is 13.1. The van der Waals surface area contributed by atoms with Crippen LogP contribution in [0.15, 0.2) is 24.3 Å². The summed E-state index contributed by atoms with van der Waals surface area (Å²) < 4.78 is 0. The number of nitrogens with zero attached hydrogens (tertiary/aromatic N) is 1. The van der Waals surface area contributed by atoms with Gasteiger partial charge in [0.15, 0.2) is 0 Å². The Morgan fingerprint density at radius 1 is 1.10 bits per heavy atom. The van der Waals surface area contributed by atoms with Gasteiger partial charge in [-0.2, -0.15) is 0 Å². The molecule has 0 spiro atoms. The van der Waals surface area contributed by atoms with E-state index in [1.54, 1.807) is 6.07 Å². The normalized spacial score (nSPS) is 10.5. The maximum Gasteiger partial charge on any atom is 0.251 e. The monoisotopic (exact) mass is 291 g/mol. The smallest absolute Gasteiger partial charge is 0.251 e. The molecule has 0 fully saturated rings. The third kappa shape index (κ3) is 5.95. The molecule has 0 aliphatic carbocycles. The zero-order chi connectivity index (χ0) is 15.7. The quantitative estimate of drug-likeness (QED) is 0.756. The number of amides is 2. The van der Waals surface area contributed by atoms with E-state index < -0.39 is 0 Å². The fourth-order valence-electron chi connectivity index (χ4n) is 2.04. The van der Waals surface area contributed by atoms with Crippen LogP contribution >= 0.6 is 0 Å². The van der Waals surface area contributed by atoms with E-state index >= 15 is 0 Å². The minimum absolute atomic E-state index is 0.00537. The molecule has 0 aliphatic heterocycles. The minimum atomic E-state index is -0.216. The highest BCUT2D eigenvalue weighted by molar-refractivity contribution is 5.97. The van der Waals surface area contributed by atoms with E-state index in [1.807, 2.05) is 25.1 Å². The molecule has 0 radical (unpaired) electrons. The summed E-state index contributed by atoms with van der Waals surface area (Å²) >= 11 is 0. The van der Waals surface area contributed by atoms with Crippen molar-refractivity contribution in [2.75, 3.05) is 32.7 Å². The van der Waals surface area contributed by atoms with Crippen LogP contribution in [0.2, 0.25) is 0 Å². The van der Waals surface area contributed by atoms with E-state index in [1.165, 1.54) is 0 Å². The Morgan fingerprint density at radius 3 is 2.38 bits per heavy atom. The Labute approximate surface area is 126 Å². The van der Waals surface area contributed by atoms with Gasteiger partial charge in [0.2, 0.25) is 5.91 Å². The fourth-order valence-corrected chi connectivity index (χ4v) is 2.04. The molecule has 0 atom stereocenters. The summed E-state index contributed by atoms with van der Waals surface area (Å²) in [5.41, 5.74) is 1.50. The highest BCUT2D eigenvalue weighted by atomic mass is 16.2. The predicted octanol–water partition coefficient (Wildman–Crippen LogP) is 1.18. The van der Waals surface area contributed by atoms with Gasteiger partial charge in [-0.05, 0) is 31.6 Å². The van der Waals surface area contributed by atoms with Crippen molar-refractivity contribution in [3.05, 3.63) is 35.4 Å². The number of benzene rings is 1. The van der Waals surface area contributed by atoms with E-state index in [9.17, 15) is 9.59 Å². The van der Waals surface area contributed by atoms with Gasteiger partial charge < -0.3 is 15.5 Å². The first-order chi connectivity index (χ1) is 10.1. The molecule has 0 bridgehead atoms. The zero-order valence-corrected chi connectivity index (χ0v) is 13.1. The highest BCUT2D eigenvalue weighted by Gasteiger charge is 2.09. The van der Waals surface area contributed by atoms with Gasteiger partial charge >= 0.3 is 0 Å². The molecule has 0 aliphatic rings. The van der Waals surface area contributed by atoms with Crippen LogP contribution in [0.5, 0.6) is 0 Å². The highest BCUT2D eigenvalue weighted by Crippen LogP contribution is 2.05. The number of hydrogen-bond acceptors (Lipinski definition) is 3. The molecular weight excluding hydrogens is 266 g/mol. The first-order valence-corrected chi connectivity index (χ1v) is 7.41. The van der Waals surface area contributed by atoms with Crippen molar-refractivity contribution in [3.63, 3.8) is 0 Å². The summed E-state index contributed by atoms with van der Waals surface area (Å²) in [5, 5.41) is 5.45. The van der Waals surface area contributed by atoms with Crippen molar-refractivity contribution < 1.29 is 9.59 Å². The maximum absolute atomic E-state index is 11.9. The molecule has 1 aromatic rings. The van der Waals surface area contributed by atoms with Gasteiger partial charge in [0.1, 0.15) is 0 Å². The van der Waals surface area contributed by atoms with Gasteiger partial charge in [-0.25, -0.2) is 0 Å². The summed E-state index contributed by atoms with van der Waals surface area (Å²) in [6.45, 7) is 9.42. The molecule has 0 saturated heterocycles. The lowest BCUT2D eigenvalue weighted by Gasteiger charge is -2.18. The van der Waals surface area contributed by atoms with Crippen LogP contribution in [0.25, 0.3) is 0 Å². The second-order valence-electron chi connectivity index (χ2n) is 4.87. The van der Waals surface area contributed by atoms with E-state index in [4.69, 9.17) is 0 Å². The average Bonchev–Trinajstić information content (AvgIpc) is 2.49. The van der Waals surface area contributed by atoms with Crippen LogP contribution in [0.1, 0.15) is 29.8 Å². The minimum Gasteiger partial charge on any atom is -0.353 e. The summed E-state index contributed by atoms with van der Waals surface area (Å²) in [4.78, 5) is 25.9. The average molecular weight is 291 g/mol. The molecular formula is C16H25N3O2. The fraction of sp³-hybridized carbons (Fsp3) is 0.500. The lowest BCUT2D eigenvalue weighted by atomic mass is 10.1. The molecule has 116 valence electrons. The van der Waals surface area contributed by atoms with E-state index in [-0.39, 0.29) is 18.4 Å². The lowest BCUT2D eigenvalue weighted by Crippen LogP contribution is -2.40. The van der Waals surface area contributed by atoms with E-state index in [0.717, 1.165) is 25.2 Å². The van der Waals surface area contributed by atoms with E-state index in [2.05, 4.69) is 29.4 Å². The first kappa shape index (κ1) is 17.2. The molecule has 21 heavy (non-hydrogen) atoms. The van der Waals surface area contributed by atoms with Crippen LogP contribution in [0.3, 0.4) is 0 Å². The largest absolute Gasteiger partial charge is 0.353 e. The summed E-state index contributed by atoms with van der Waals surface area (Å²) in [5.74, 6) is -0.379. The van der Waals surface area contributed by atoms with E-state index in [0.29, 0.717) is 12.1 Å². The Bertz CT molecular complexity index is 470. The number of nitrogens with one attached hydrogen (secondary N) is 2. The number of likely N-dealkylation sites (N-methyl/N-ethyl adjacent to an activating group) is 1. The van der Waals surface area contributed by atoms with Crippen LogP contribution < -0.4 is 10.6 Å². The standard InChI is InChI=1S/C16H25N3O2/c1-4-19(5-2)11-10-17-15(20)12-18-16(21)14-9-7-6-8-13(14)3/h6-9H,4-5,10-12H2,1-3H3,(H,17,20)(H,18,21). The SMILES string of the molecule is CCN(CC)CCNC(=O)CNC(=O)c1ccccc1C. The second-order valence-corrected chi connectivity index (χ2v) is 4.87. The van der Waals surface area contributed by atoms with Gasteiger partial charge in [-0.1, -0.05) is 32.0 Å². The molecule has 0 aromatic heterocycles. The summed E-state index contributed by atoms with van der Waals surface area (Å²) in [6.07, 6.45) is 0. The molecule has 5 heteroatoms. The molecule has 5 nitrogen and oxygen atoms in total. The Balaban J connectivity index is 2.30. The van der Waals surface area contributed by atoms with Crippen LogP contribution in [-0.2, 0) is 4.79 Å². The third-order valence-corrected chi connectivity index (χ3v) is 3.44. The summed E-state index contributed by atoms with van der Waals surface area (Å²) in [7, 11) is 0. The third-order valence-electron chi connectivity index (χ3n) is 3.44. The van der Waals surface area contributed by atoms with Crippen LogP contribution in [0.4, 0.5) is 0 Å². The van der Waals surface area contributed by atoms with Crippen LogP contribution in [0, 0.1) is 6.92 Å². The molecule has 1 aromatic carbocycles. The molecule has 2 N–H and O–H groups in total. The maximum atomic E-state index is 11.9. The van der Waals surface area contributed by atoms with Gasteiger partial charge in [-0.15, -0.1) is 0 Å². The van der Waals surface area contributed by atoms with Gasteiger partial charge in [0.25, 0.3) is 5.91 Å². The number of aryl methyl sites for hydroxylation is 1. The van der Waals surface area contributed by atoms with Crippen molar-refractivity contribution in [1.29, 1.82) is 0 Å². The van der Waals surface area contributed by atoms with Crippen molar-refractivity contribution >= 4 is 11.8 Å². The van der Waals surface area contributed by atoms with Crippen LogP contribution in [-0.4, -0.2) is 49.4 Å². The first-order valence-electron chi connectivity index (χ1n) is 7.41. The lowest BCUT2D eigenvalue weighted by molar-refractivity contribution is -0.120. The molecule has 2 amide bonds. The van der Waals surface area contributed by atoms with Crippen molar-refractivity contribution in [2.24, 2.45) is 0 Å². The Morgan fingerprint density at radius 2 is 1.76 bits per heavy atom. The number of rotatable bonds is 8. The molecule has 0 saturated carbocycles. The number of carbonyl (C=O) groups excluding carboxylic acids is 2.